The number of carbonyl (C=O) groups excluding carboxylic acids is 1. The van der Waals surface area contributed by atoms with Crippen molar-refractivity contribution >= 4 is 11.6 Å². The fraction of sp³-hybridized carbons (Fsp3) is 0.533. The van der Waals surface area contributed by atoms with Crippen LogP contribution in [0.4, 0.5) is 5.69 Å². The number of nitro benzene ring substituents is 1. The van der Waals surface area contributed by atoms with E-state index in [9.17, 15) is 14.9 Å². The first-order valence-corrected chi connectivity index (χ1v) is 7.27. The maximum absolute atomic E-state index is 12.5. The molecule has 2 aliphatic rings. The number of nitrogens with two attached hydrogens (primary N) is 1. The summed E-state index contributed by atoms with van der Waals surface area (Å²) >= 11 is 0. The normalized spacial score (nSPS) is 27.7. The Balaban J connectivity index is 1.80. The number of carbonyl (C=O) groups is 1. The summed E-state index contributed by atoms with van der Waals surface area (Å²) in [4.78, 5) is 24.9. The molecule has 1 aliphatic heterocycles. The molecule has 1 aromatic carbocycles. The molecule has 1 saturated heterocycles. The molecule has 1 amide bonds. The molecule has 0 radical (unpaired) electrons. The second kappa shape index (κ2) is 5.11. The highest BCUT2D eigenvalue weighted by molar-refractivity contribution is 5.95. The Hall–Kier alpha value is -1.95. The van der Waals surface area contributed by atoms with Crippen molar-refractivity contribution in [1.29, 1.82) is 0 Å². The summed E-state index contributed by atoms with van der Waals surface area (Å²) in [6.45, 7) is 3.07. The van der Waals surface area contributed by atoms with Crippen LogP contribution in [0.25, 0.3) is 0 Å². The van der Waals surface area contributed by atoms with E-state index in [1.54, 1.807) is 24.0 Å². The average Bonchev–Trinajstić information content (AvgIpc) is 3.01. The van der Waals surface area contributed by atoms with Crippen LogP contribution in [-0.4, -0.2) is 34.9 Å². The summed E-state index contributed by atoms with van der Waals surface area (Å²) in [6.07, 6.45) is 2.11. The number of fused-ring (bicyclic) bond motifs is 1. The molecule has 0 aromatic heterocycles. The van der Waals surface area contributed by atoms with Crippen LogP contribution in [0.1, 0.15) is 28.8 Å². The van der Waals surface area contributed by atoms with Gasteiger partial charge in [-0.1, -0.05) is 6.07 Å². The third kappa shape index (κ3) is 2.40. The second-order valence-electron chi connectivity index (χ2n) is 6.13. The molecular formula is C15H19N3O3. The Morgan fingerprint density at radius 3 is 2.81 bits per heavy atom. The second-order valence-corrected chi connectivity index (χ2v) is 6.13. The highest BCUT2D eigenvalue weighted by Crippen LogP contribution is 2.37. The highest BCUT2D eigenvalue weighted by Gasteiger charge is 2.42. The third-order valence-electron chi connectivity index (χ3n) is 4.85. The molecule has 1 saturated carbocycles. The van der Waals surface area contributed by atoms with Crippen molar-refractivity contribution in [3.8, 4) is 0 Å². The molecule has 2 fully saturated rings. The van der Waals surface area contributed by atoms with Gasteiger partial charge in [-0.2, -0.15) is 0 Å². The Kier molecular flexibility index (Phi) is 3.41. The van der Waals surface area contributed by atoms with Gasteiger partial charge in [0.05, 0.1) is 4.92 Å². The van der Waals surface area contributed by atoms with Gasteiger partial charge in [0, 0.05) is 36.3 Å². The first-order valence-electron chi connectivity index (χ1n) is 7.27. The van der Waals surface area contributed by atoms with Crippen LogP contribution in [0.2, 0.25) is 0 Å². The number of nitrogens with zero attached hydrogens (tertiary/aromatic N) is 2. The number of nitro groups is 1. The predicted octanol–water partition coefficient (Wildman–Crippen LogP) is 1.71. The molecule has 2 N–H and O–H groups in total. The van der Waals surface area contributed by atoms with Crippen LogP contribution in [0.5, 0.6) is 0 Å². The first-order chi connectivity index (χ1) is 9.97. The van der Waals surface area contributed by atoms with E-state index in [1.807, 2.05) is 0 Å². The zero-order valence-corrected chi connectivity index (χ0v) is 12.0. The quantitative estimate of drug-likeness (QED) is 0.663. The molecule has 3 rings (SSSR count). The van der Waals surface area contributed by atoms with E-state index < -0.39 is 4.92 Å². The van der Waals surface area contributed by atoms with Crippen LogP contribution in [0.15, 0.2) is 18.2 Å². The van der Waals surface area contributed by atoms with Gasteiger partial charge < -0.3 is 10.6 Å². The lowest BCUT2D eigenvalue weighted by atomic mass is 9.98. The fourth-order valence-electron chi connectivity index (χ4n) is 3.60. The van der Waals surface area contributed by atoms with Crippen LogP contribution in [0.3, 0.4) is 0 Å². The van der Waals surface area contributed by atoms with E-state index in [-0.39, 0.29) is 17.6 Å². The molecule has 3 unspecified atom stereocenters. The van der Waals surface area contributed by atoms with Gasteiger partial charge in [-0.05, 0) is 37.7 Å². The van der Waals surface area contributed by atoms with Gasteiger partial charge in [0.1, 0.15) is 0 Å². The number of hydrogen-bond acceptors (Lipinski definition) is 4. The Morgan fingerprint density at radius 1 is 1.38 bits per heavy atom. The monoisotopic (exact) mass is 289 g/mol. The standard InChI is InChI=1S/C15H19N3O3/c1-9-2-3-10(6-14(9)18(20)21)15(19)17-7-11-4-5-13(16)12(11)8-17/h2-3,6,11-13H,4-5,7-8,16H2,1H3. The Labute approximate surface area is 123 Å². The van der Waals surface area contributed by atoms with Crippen molar-refractivity contribution in [2.75, 3.05) is 13.1 Å². The lowest BCUT2D eigenvalue weighted by Crippen LogP contribution is -2.33. The molecular weight excluding hydrogens is 270 g/mol. The lowest BCUT2D eigenvalue weighted by molar-refractivity contribution is -0.385. The van der Waals surface area contributed by atoms with Gasteiger partial charge in [-0.15, -0.1) is 0 Å². The van der Waals surface area contributed by atoms with E-state index in [2.05, 4.69) is 0 Å². The predicted molar refractivity (Wildman–Crippen MR) is 77.9 cm³/mol. The SMILES string of the molecule is Cc1ccc(C(=O)N2CC3CCC(N)C3C2)cc1[N+](=O)[O-]. The molecule has 1 aliphatic carbocycles. The average molecular weight is 289 g/mol. The van der Waals surface area contributed by atoms with Crippen LogP contribution in [0, 0.1) is 28.9 Å². The largest absolute Gasteiger partial charge is 0.338 e. The van der Waals surface area contributed by atoms with Crippen molar-refractivity contribution in [3.05, 3.63) is 39.4 Å². The van der Waals surface area contributed by atoms with Gasteiger partial charge >= 0.3 is 0 Å². The van der Waals surface area contributed by atoms with Gasteiger partial charge in [0.25, 0.3) is 11.6 Å². The highest BCUT2D eigenvalue weighted by atomic mass is 16.6. The molecule has 6 heteroatoms. The maximum atomic E-state index is 12.5. The summed E-state index contributed by atoms with van der Waals surface area (Å²) in [5, 5.41) is 11.0. The molecule has 1 aromatic rings. The number of rotatable bonds is 2. The molecule has 112 valence electrons. The Bertz CT molecular complexity index is 602. The van der Waals surface area contributed by atoms with Crippen LogP contribution >= 0.6 is 0 Å². The number of hydrogen-bond donors (Lipinski definition) is 1. The topological polar surface area (TPSA) is 89.5 Å². The van der Waals surface area contributed by atoms with E-state index >= 15 is 0 Å². The van der Waals surface area contributed by atoms with Crippen LogP contribution in [-0.2, 0) is 0 Å². The summed E-state index contributed by atoms with van der Waals surface area (Å²) in [5.74, 6) is 0.749. The van der Waals surface area contributed by atoms with Gasteiger partial charge in [0.2, 0.25) is 0 Å². The summed E-state index contributed by atoms with van der Waals surface area (Å²) in [7, 11) is 0. The van der Waals surface area contributed by atoms with Crippen molar-refractivity contribution in [2.45, 2.75) is 25.8 Å². The number of likely N-dealkylation sites (tertiary alicyclic amines) is 1. The molecule has 0 spiro atoms. The molecule has 6 nitrogen and oxygen atoms in total. The lowest BCUT2D eigenvalue weighted by Gasteiger charge is -2.18. The number of amides is 1. The molecule has 1 heterocycles. The van der Waals surface area contributed by atoms with E-state index in [0.29, 0.717) is 29.5 Å². The van der Waals surface area contributed by atoms with Crippen molar-refractivity contribution < 1.29 is 9.72 Å². The number of aryl methyl sites for hydroxylation is 1. The van der Waals surface area contributed by atoms with E-state index in [1.165, 1.54) is 6.07 Å². The van der Waals surface area contributed by atoms with Crippen molar-refractivity contribution in [3.63, 3.8) is 0 Å². The van der Waals surface area contributed by atoms with Gasteiger partial charge in [-0.3, -0.25) is 14.9 Å². The van der Waals surface area contributed by atoms with Gasteiger partial charge in [0.15, 0.2) is 0 Å². The molecule has 21 heavy (non-hydrogen) atoms. The van der Waals surface area contributed by atoms with Gasteiger partial charge in [-0.25, -0.2) is 0 Å². The van der Waals surface area contributed by atoms with Crippen LogP contribution < -0.4 is 5.73 Å². The smallest absolute Gasteiger partial charge is 0.273 e. The minimum atomic E-state index is -0.444. The minimum Gasteiger partial charge on any atom is -0.338 e. The maximum Gasteiger partial charge on any atom is 0.273 e. The zero-order chi connectivity index (χ0) is 15.1. The van der Waals surface area contributed by atoms with E-state index in [0.717, 1.165) is 19.4 Å². The summed E-state index contributed by atoms with van der Waals surface area (Å²) < 4.78 is 0. The zero-order valence-electron chi connectivity index (χ0n) is 12.0. The fourth-order valence-corrected chi connectivity index (χ4v) is 3.60. The van der Waals surface area contributed by atoms with E-state index in [4.69, 9.17) is 5.73 Å². The summed E-state index contributed by atoms with van der Waals surface area (Å²) in [5.41, 5.74) is 7.03. The number of benzene rings is 1. The van der Waals surface area contributed by atoms with Crippen molar-refractivity contribution in [1.82, 2.24) is 4.90 Å². The molecule has 3 atom stereocenters. The van der Waals surface area contributed by atoms with Crippen molar-refractivity contribution in [2.24, 2.45) is 17.6 Å². The first kappa shape index (κ1) is 14.0. The third-order valence-corrected chi connectivity index (χ3v) is 4.85. The Morgan fingerprint density at radius 2 is 2.14 bits per heavy atom. The summed E-state index contributed by atoms with van der Waals surface area (Å²) in [6, 6.07) is 4.86. The minimum absolute atomic E-state index is 0.00283. The molecule has 0 bridgehead atoms.